The summed E-state index contributed by atoms with van der Waals surface area (Å²) in [6.07, 6.45) is 0.789. The lowest BCUT2D eigenvalue weighted by Gasteiger charge is -2.45. The highest BCUT2D eigenvalue weighted by molar-refractivity contribution is 6.01. The number of benzene rings is 1. The number of carbonyl (C=O) groups is 2. The van der Waals surface area contributed by atoms with Crippen LogP contribution in [0.3, 0.4) is 0 Å². The van der Waals surface area contributed by atoms with Gasteiger partial charge in [-0.05, 0) is 65.9 Å². The van der Waals surface area contributed by atoms with Crippen molar-refractivity contribution >= 4 is 11.9 Å². The Morgan fingerprint density at radius 1 is 0.926 bits per heavy atom. The first-order valence-corrected chi connectivity index (χ1v) is 9.50. The maximum Gasteiger partial charge on any atom is 0.324 e. The van der Waals surface area contributed by atoms with Crippen LogP contribution in [0.25, 0.3) is 0 Å². The smallest absolute Gasteiger partial charge is 0.324 e. The van der Waals surface area contributed by atoms with E-state index in [2.05, 4.69) is 0 Å². The average molecular weight is 376 g/mol. The number of hydrogen-bond acceptors (Lipinski definition) is 5. The molecule has 1 aliphatic rings. The van der Waals surface area contributed by atoms with Crippen LogP contribution in [0.2, 0.25) is 0 Å². The van der Waals surface area contributed by atoms with Crippen LogP contribution >= 0.6 is 0 Å². The number of carbonyl (C=O) groups excluding carboxylic acids is 2. The Kier molecular flexibility index (Phi) is 6.35. The van der Waals surface area contributed by atoms with Gasteiger partial charge in [-0.25, -0.2) is 0 Å². The molecule has 1 saturated carbocycles. The summed E-state index contributed by atoms with van der Waals surface area (Å²) in [4.78, 5) is 25.5. The van der Waals surface area contributed by atoms with Crippen LogP contribution in [0.5, 0.6) is 0 Å². The normalized spacial score (nSPS) is 17.1. The molecule has 0 radical (unpaired) electrons. The van der Waals surface area contributed by atoms with Crippen molar-refractivity contribution in [3.05, 3.63) is 35.9 Å². The summed E-state index contributed by atoms with van der Waals surface area (Å²) >= 11 is 0. The van der Waals surface area contributed by atoms with Gasteiger partial charge in [-0.1, -0.05) is 30.3 Å². The summed E-state index contributed by atoms with van der Waals surface area (Å²) in [7, 11) is 0. The summed E-state index contributed by atoms with van der Waals surface area (Å²) in [5.74, 6) is -0.860. The Bertz CT molecular complexity index is 616. The minimum absolute atomic E-state index is 0.133. The van der Waals surface area contributed by atoms with Gasteiger partial charge < -0.3 is 14.2 Å². The molecule has 0 saturated heterocycles. The van der Waals surface area contributed by atoms with Gasteiger partial charge in [0.15, 0.2) is 5.41 Å². The monoisotopic (exact) mass is 376 g/mol. The Morgan fingerprint density at radius 2 is 1.41 bits per heavy atom. The van der Waals surface area contributed by atoms with E-state index < -0.39 is 28.6 Å². The van der Waals surface area contributed by atoms with Crippen LogP contribution in [0.15, 0.2) is 30.3 Å². The molecular weight excluding hydrogens is 344 g/mol. The zero-order valence-corrected chi connectivity index (χ0v) is 17.3. The molecule has 0 unspecified atom stereocenters. The quantitative estimate of drug-likeness (QED) is 0.548. The van der Waals surface area contributed by atoms with E-state index in [9.17, 15) is 9.59 Å². The van der Waals surface area contributed by atoms with E-state index in [1.807, 2.05) is 30.3 Å². The van der Waals surface area contributed by atoms with Crippen LogP contribution in [-0.2, 0) is 30.4 Å². The lowest BCUT2D eigenvalue weighted by molar-refractivity contribution is -0.198. The van der Waals surface area contributed by atoms with E-state index in [0.717, 1.165) is 5.56 Å². The summed E-state index contributed by atoms with van der Waals surface area (Å²) < 4.78 is 16.8. The molecule has 0 bridgehead atoms. The van der Waals surface area contributed by atoms with Gasteiger partial charge in [-0.3, -0.25) is 9.59 Å². The van der Waals surface area contributed by atoms with Crippen LogP contribution in [0.4, 0.5) is 0 Å². The van der Waals surface area contributed by atoms with Crippen LogP contribution in [-0.4, -0.2) is 29.7 Å². The topological polar surface area (TPSA) is 61.8 Å². The first-order valence-electron chi connectivity index (χ1n) is 9.50. The van der Waals surface area contributed by atoms with Gasteiger partial charge in [-0.15, -0.1) is 0 Å². The number of hydrogen-bond donors (Lipinski definition) is 0. The molecule has 1 aliphatic carbocycles. The molecule has 5 nitrogen and oxygen atoms in total. The van der Waals surface area contributed by atoms with Crippen LogP contribution < -0.4 is 0 Å². The Balaban J connectivity index is 1.97. The SMILES string of the molecule is CC(C)(C)OC(=O)C1(C(=O)OC(C)(C)C)CC(COCc2ccccc2)C1. The summed E-state index contributed by atoms with van der Waals surface area (Å²) in [6.45, 7) is 11.8. The highest BCUT2D eigenvalue weighted by atomic mass is 16.6. The van der Waals surface area contributed by atoms with E-state index in [1.54, 1.807) is 41.5 Å². The Hall–Kier alpha value is -1.88. The minimum atomic E-state index is -1.22. The third-order valence-corrected chi connectivity index (χ3v) is 4.32. The largest absolute Gasteiger partial charge is 0.459 e. The highest BCUT2D eigenvalue weighted by Crippen LogP contribution is 2.49. The summed E-state index contributed by atoms with van der Waals surface area (Å²) in [5, 5.41) is 0. The molecule has 0 atom stereocenters. The first-order chi connectivity index (χ1) is 12.4. The van der Waals surface area contributed by atoms with E-state index in [0.29, 0.717) is 26.1 Å². The molecular formula is C22H32O5. The molecule has 0 aromatic heterocycles. The summed E-state index contributed by atoms with van der Waals surface area (Å²) in [5.41, 5.74) is -1.43. The van der Waals surface area contributed by atoms with E-state index in [4.69, 9.17) is 14.2 Å². The lowest BCUT2D eigenvalue weighted by Crippen LogP contribution is -2.55. The third kappa shape index (κ3) is 6.06. The molecule has 0 aliphatic heterocycles. The average Bonchev–Trinajstić information content (AvgIpc) is 2.46. The van der Waals surface area contributed by atoms with E-state index >= 15 is 0 Å². The molecule has 1 aromatic carbocycles. The molecule has 27 heavy (non-hydrogen) atoms. The lowest BCUT2D eigenvalue weighted by atomic mass is 9.62. The summed E-state index contributed by atoms with van der Waals surface area (Å²) in [6, 6.07) is 9.92. The second-order valence-electron chi connectivity index (χ2n) is 9.36. The molecule has 0 spiro atoms. The van der Waals surface area contributed by atoms with Crippen molar-refractivity contribution in [2.75, 3.05) is 6.61 Å². The number of ether oxygens (including phenoxy) is 3. The predicted molar refractivity (Wildman–Crippen MR) is 103 cm³/mol. The molecule has 0 N–H and O–H groups in total. The van der Waals surface area contributed by atoms with Crippen molar-refractivity contribution in [3.63, 3.8) is 0 Å². The van der Waals surface area contributed by atoms with Gasteiger partial charge in [-0.2, -0.15) is 0 Å². The molecule has 0 amide bonds. The molecule has 0 heterocycles. The fourth-order valence-electron chi connectivity index (χ4n) is 3.13. The Labute approximate surface area is 162 Å². The second kappa shape index (κ2) is 8.01. The molecule has 150 valence electrons. The van der Waals surface area contributed by atoms with Gasteiger partial charge in [0.05, 0.1) is 6.61 Å². The van der Waals surface area contributed by atoms with Gasteiger partial charge in [0, 0.05) is 6.61 Å². The molecule has 5 heteroatoms. The van der Waals surface area contributed by atoms with Gasteiger partial charge in [0.25, 0.3) is 0 Å². The zero-order chi connectivity index (χ0) is 20.3. The fraction of sp³-hybridized carbons (Fsp3) is 0.636. The van der Waals surface area contributed by atoms with Crippen molar-refractivity contribution in [1.82, 2.24) is 0 Å². The van der Waals surface area contributed by atoms with Crippen LogP contribution in [0.1, 0.15) is 59.9 Å². The van der Waals surface area contributed by atoms with E-state index in [1.165, 1.54) is 0 Å². The molecule has 1 fully saturated rings. The first kappa shape index (κ1) is 21.4. The van der Waals surface area contributed by atoms with Crippen molar-refractivity contribution in [3.8, 4) is 0 Å². The standard InChI is InChI=1S/C22H32O5/c1-20(2,3)26-18(23)22(19(24)27-21(4,5)6)12-17(13-22)15-25-14-16-10-8-7-9-11-16/h7-11,17H,12-15H2,1-6H3. The minimum Gasteiger partial charge on any atom is -0.459 e. The highest BCUT2D eigenvalue weighted by Gasteiger charge is 2.59. The number of esters is 2. The van der Waals surface area contributed by atoms with Crippen molar-refractivity contribution in [2.24, 2.45) is 11.3 Å². The van der Waals surface area contributed by atoms with E-state index in [-0.39, 0.29) is 5.92 Å². The maximum atomic E-state index is 12.8. The third-order valence-electron chi connectivity index (χ3n) is 4.32. The van der Waals surface area contributed by atoms with Gasteiger partial charge in [0.1, 0.15) is 11.2 Å². The molecule has 2 rings (SSSR count). The van der Waals surface area contributed by atoms with Gasteiger partial charge in [0.2, 0.25) is 0 Å². The van der Waals surface area contributed by atoms with Crippen molar-refractivity contribution in [1.29, 1.82) is 0 Å². The Morgan fingerprint density at radius 3 is 1.85 bits per heavy atom. The predicted octanol–water partition coefficient (Wildman–Crippen LogP) is 4.28. The van der Waals surface area contributed by atoms with Crippen molar-refractivity contribution < 1.29 is 23.8 Å². The number of rotatable bonds is 6. The van der Waals surface area contributed by atoms with Crippen molar-refractivity contribution in [2.45, 2.75) is 72.2 Å². The van der Waals surface area contributed by atoms with Crippen LogP contribution in [0, 0.1) is 11.3 Å². The fourth-order valence-corrected chi connectivity index (χ4v) is 3.13. The molecule has 1 aromatic rings. The second-order valence-corrected chi connectivity index (χ2v) is 9.36. The zero-order valence-electron chi connectivity index (χ0n) is 17.3. The van der Waals surface area contributed by atoms with Gasteiger partial charge >= 0.3 is 11.9 Å². The maximum absolute atomic E-state index is 12.8.